The second-order valence-corrected chi connectivity index (χ2v) is 6.44. The minimum absolute atomic E-state index is 0.0400. The molecule has 0 aliphatic heterocycles. The summed E-state index contributed by atoms with van der Waals surface area (Å²) in [6.45, 7) is 0. The summed E-state index contributed by atoms with van der Waals surface area (Å²) in [5.41, 5.74) is 1.23. The molecule has 0 saturated heterocycles. The van der Waals surface area contributed by atoms with Crippen molar-refractivity contribution >= 4 is 11.3 Å². The molecule has 1 N–H and O–H groups in total. The van der Waals surface area contributed by atoms with Crippen molar-refractivity contribution in [3.8, 4) is 0 Å². The first kappa shape index (κ1) is 15.8. The third kappa shape index (κ3) is 3.98. The largest absolute Gasteiger partial charge is 0.392 e. The van der Waals surface area contributed by atoms with Crippen LogP contribution in [0.2, 0.25) is 0 Å². The van der Waals surface area contributed by atoms with E-state index in [0.717, 1.165) is 19.3 Å². The number of rotatable bonds is 5. The molecule has 1 aliphatic rings. The Morgan fingerprint density at radius 2 is 2.10 bits per heavy atom. The Morgan fingerprint density at radius 1 is 1.35 bits per heavy atom. The van der Waals surface area contributed by atoms with Gasteiger partial charge in [0.05, 0.1) is 5.92 Å². The van der Waals surface area contributed by atoms with Crippen LogP contribution in [0.1, 0.15) is 37.7 Å². The van der Waals surface area contributed by atoms with Crippen molar-refractivity contribution in [1.29, 1.82) is 0 Å². The molecular weight excluding hydrogens is 283 g/mol. The van der Waals surface area contributed by atoms with Gasteiger partial charge in [0, 0.05) is 6.04 Å². The molecule has 1 fully saturated rings. The topological polar surface area (TPSA) is 12.0 Å². The first-order valence-electron chi connectivity index (χ1n) is 7.27. The molecule has 0 aromatic carbocycles. The number of hydrogen-bond donors (Lipinski definition) is 1. The van der Waals surface area contributed by atoms with E-state index in [1.807, 2.05) is 5.38 Å². The smallest absolute Gasteiger partial charge is 0.317 e. The second-order valence-electron chi connectivity index (χ2n) is 5.66. The SMILES string of the molecule is CNC(CCc1ccsc1)C1CCCCC1C(F)(F)F. The van der Waals surface area contributed by atoms with Crippen LogP contribution in [0, 0.1) is 11.8 Å². The van der Waals surface area contributed by atoms with Crippen LogP contribution in [-0.4, -0.2) is 19.3 Å². The van der Waals surface area contributed by atoms with E-state index >= 15 is 0 Å². The van der Waals surface area contributed by atoms with Crippen molar-refractivity contribution in [3.05, 3.63) is 22.4 Å². The zero-order valence-corrected chi connectivity index (χ0v) is 12.6. The van der Waals surface area contributed by atoms with E-state index in [1.165, 1.54) is 5.56 Å². The lowest BCUT2D eigenvalue weighted by Gasteiger charge is -2.38. The molecule has 5 heteroatoms. The summed E-state index contributed by atoms with van der Waals surface area (Å²) in [5, 5.41) is 7.23. The summed E-state index contributed by atoms with van der Waals surface area (Å²) in [7, 11) is 1.79. The fourth-order valence-electron chi connectivity index (χ4n) is 3.38. The highest BCUT2D eigenvalue weighted by molar-refractivity contribution is 7.07. The Kier molecular flexibility index (Phi) is 5.49. The predicted octanol–water partition coefficient (Wildman–Crippen LogP) is 4.64. The Bertz CT molecular complexity index is 388. The van der Waals surface area contributed by atoms with Crippen LogP contribution in [0.25, 0.3) is 0 Å². The third-order valence-electron chi connectivity index (χ3n) is 4.45. The highest BCUT2D eigenvalue weighted by Crippen LogP contribution is 2.43. The lowest BCUT2D eigenvalue weighted by molar-refractivity contribution is -0.199. The summed E-state index contributed by atoms with van der Waals surface area (Å²) in [5.74, 6) is -1.40. The van der Waals surface area contributed by atoms with Crippen LogP contribution in [-0.2, 0) is 6.42 Å². The number of halogens is 3. The summed E-state index contributed by atoms with van der Waals surface area (Å²) < 4.78 is 39.5. The van der Waals surface area contributed by atoms with E-state index in [9.17, 15) is 13.2 Å². The molecule has 0 bridgehead atoms. The molecule has 20 heavy (non-hydrogen) atoms. The normalized spacial score (nSPS) is 25.6. The molecule has 2 rings (SSSR count). The van der Waals surface area contributed by atoms with Gasteiger partial charge in [-0.05, 0) is 61.0 Å². The highest BCUT2D eigenvalue weighted by Gasteiger charge is 2.47. The Balaban J connectivity index is 2.00. The number of aryl methyl sites for hydroxylation is 1. The molecule has 1 aromatic heterocycles. The quantitative estimate of drug-likeness (QED) is 0.836. The third-order valence-corrected chi connectivity index (χ3v) is 5.18. The lowest BCUT2D eigenvalue weighted by Crippen LogP contribution is -2.44. The summed E-state index contributed by atoms with van der Waals surface area (Å²) in [4.78, 5) is 0. The number of alkyl halides is 3. The Morgan fingerprint density at radius 3 is 2.70 bits per heavy atom. The predicted molar refractivity (Wildman–Crippen MR) is 77.0 cm³/mol. The summed E-state index contributed by atoms with van der Waals surface area (Å²) in [6.07, 6.45) is 0.211. The van der Waals surface area contributed by atoms with Crippen molar-refractivity contribution in [2.45, 2.75) is 50.7 Å². The van der Waals surface area contributed by atoms with Gasteiger partial charge in [-0.15, -0.1) is 0 Å². The van der Waals surface area contributed by atoms with Crippen molar-refractivity contribution in [2.24, 2.45) is 11.8 Å². The van der Waals surface area contributed by atoms with Crippen LogP contribution in [0.3, 0.4) is 0 Å². The van der Waals surface area contributed by atoms with Gasteiger partial charge in [0.1, 0.15) is 0 Å². The molecule has 1 heterocycles. The first-order valence-corrected chi connectivity index (χ1v) is 8.21. The molecule has 0 radical (unpaired) electrons. The van der Waals surface area contributed by atoms with E-state index in [0.29, 0.717) is 19.3 Å². The van der Waals surface area contributed by atoms with Crippen molar-refractivity contribution in [2.75, 3.05) is 7.05 Å². The highest BCUT2D eigenvalue weighted by atomic mass is 32.1. The molecule has 3 unspecified atom stereocenters. The zero-order valence-electron chi connectivity index (χ0n) is 11.7. The van der Waals surface area contributed by atoms with Crippen LogP contribution < -0.4 is 5.32 Å². The number of hydrogen-bond acceptors (Lipinski definition) is 2. The molecule has 0 spiro atoms. The van der Waals surface area contributed by atoms with Gasteiger partial charge < -0.3 is 5.32 Å². The molecule has 1 saturated carbocycles. The Labute approximate surface area is 122 Å². The number of nitrogens with one attached hydrogen (secondary N) is 1. The fourth-order valence-corrected chi connectivity index (χ4v) is 4.08. The summed E-state index contributed by atoms with van der Waals surface area (Å²) >= 11 is 1.64. The van der Waals surface area contributed by atoms with Gasteiger partial charge in [0.15, 0.2) is 0 Å². The molecule has 1 aliphatic carbocycles. The van der Waals surface area contributed by atoms with E-state index in [2.05, 4.69) is 16.8 Å². The molecule has 1 nitrogen and oxygen atoms in total. The van der Waals surface area contributed by atoms with Crippen LogP contribution in [0.4, 0.5) is 13.2 Å². The standard InChI is InChI=1S/C15H22F3NS/c1-19-14(7-6-11-8-9-20-10-11)12-4-2-3-5-13(12)15(16,17)18/h8-10,12-14,19H,2-7H2,1H3. The van der Waals surface area contributed by atoms with E-state index in [1.54, 1.807) is 18.4 Å². The van der Waals surface area contributed by atoms with Gasteiger partial charge >= 0.3 is 6.18 Å². The maximum Gasteiger partial charge on any atom is 0.392 e. The molecule has 0 amide bonds. The van der Waals surface area contributed by atoms with Gasteiger partial charge in [-0.1, -0.05) is 12.8 Å². The average molecular weight is 305 g/mol. The van der Waals surface area contributed by atoms with Crippen molar-refractivity contribution in [1.82, 2.24) is 5.32 Å². The maximum absolute atomic E-state index is 13.2. The molecular formula is C15H22F3NS. The van der Waals surface area contributed by atoms with Gasteiger partial charge in [0.2, 0.25) is 0 Å². The van der Waals surface area contributed by atoms with E-state index in [4.69, 9.17) is 0 Å². The maximum atomic E-state index is 13.2. The van der Waals surface area contributed by atoms with E-state index in [-0.39, 0.29) is 12.0 Å². The van der Waals surface area contributed by atoms with Gasteiger partial charge in [-0.2, -0.15) is 24.5 Å². The second kappa shape index (κ2) is 6.94. The minimum atomic E-state index is -4.05. The van der Waals surface area contributed by atoms with Crippen LogP contribution in [0.5, 0.6) is 0 Å². The van der Waals surface area contributed by atoms with Crippen molar-refractivity contribution in [3.63, 3.8) is 0 Å². The molecule has 3 atom stereocenters. The van der Waals surface area contributed by atoms with Gasteiger partial charge in [0.25, 0.3) is 0 Å². The van der Waals surface area contributed by atoms with Crippen molar-refractivity contribution < 1.29 is 13.2 Å². The number of thiophene rings is 1. The Hall–Kier alpha value is -0.550. The van der Waals surface area contributed by atoms with Gasteiger partial charge in [-0.3, -0.25) is 0 Å². The minimum Gasteiger partial charge on any atom is -0.317 e. The zero-order chi connectivity index (χ0) is 14.6. The average Bonchev–Trinajstić information content (AvgIpc) is 2.92. The fraction of sp³-hybridized carbons (Fsp3) is 0.733. The monoisotopic (exact) mass is 305 g/mol. The molecule has 1 aromatic rings. The van der Waals surface area contributed by atoms with E-state index < -0.39 is 12.1 Å². The molecule has 114 valence electrons. The lowest BCUT2D eigenvalue weighted by atomic mass is 9.73. The van der Waals surface area contributed by atoms with Gasteiger partial charge in [-0.25, -0.2) is 0 Å². The van der Waals surface area contributed by atoms with Crippen LogP contribution >= 0.6 is 11.3 Å². The van der Waals surface area contributed by atoms with Crippen LogP contribution in [0.15, 0.2) is 16.8 Å². The summed E-state index contributed by atoms with van der Waals surface area (Å²) in [6, 6.07) is 2.02. The first-order chi connectivity index (χ1) is 9.52.